The quantitative estimate of drug-likeness (QED) is 0.829. The van der Waals surface area contributed by atoms with Gasteiger partial charge < -0.3 is 15.0 Å². The van der Waals surface area contributed by atoms with Crippen molar-refractivity contribution in [3.8, 4) is 0 Å². The molecule has 3 fully saturated rings. The van der Waals surface area contributed by atoms with Crippen LogP contribution in [0, 0.1) is 5.92 Å². The highest BCUT2D eigenvalue weighted by Gasteiger charge is 2.38. The number of carbonyl (C=O) groups excluding carboxylic acids is 1. The number of nitrogens with one attached hydrogen (secondary N) is 1. The monoisotopic (exact) mass is 295 g/mol. The highest BCUT2D eigenvalue weighted by molar-refractivity contribution is 5.80. The van der Waals surface area contributed by atoms with Gasteiger partial charge in [0.1, 0.15) is 0 Å². The van der Waals surface area contributed by atoms with Gasteiger partial charge in [0, 0.05) is 31.7 Å². The zero-order valence-electron chi connectivity index (χ0n) is 13.2. The number of rotatable bonds is 4. The Bertz CT molecular complexity index is 363. The predicted octanol–water partition coefficient (Wildman–Crippen LogP) is 0.698. The average Bonchev–Trinajstić information content (AvgIpc) is 3.09. The van der Waals surface area contributed by atoms with Crippen molar-refractivity contribution in [2.75, 3.05) is 45.9 Å². The van der Waals surface area contributed by atoms with E-state index >= 15 is 0 Å². The molecule has 3 heterocycles. The van der Waals surface area contributed by atoms with Crippen LogP contribution in [0.3, 0.4) is 0 Å². The summed E-state index contributed by atoms with van der Waals surface area (Å²) >= 11 is 0. The lowest BCUT2D eigenvalue weighted by Gasteiger charge is -2.29. The summed E-state index contributed by atoms with van der Waals surface area (Å²) in [6.07, 6.45) is 4.75. The third kappa shape index (κ3) is 3.41. The first-order valence-corrected chi connectivity index (χ1v) is 8.63. The first kappa shape index (κ1) is 15.3. The first-order chi connectivity index (χ1) is 10.3. The van der Waals surface area contributed by atoms with Gasteiger partial charge in [0.25, 0.3) is 0 Å². The maximum atomic E-state index is 12.9. The summed E-state index contributed by atoms with van der Waals surface area (Å²) in [7, 11) is 0. The minimum absolute atomic E-state index is 0.0181. The normalized spacial score (nSPS) is 34.0. The number of carbonyl (C=O) groups is 1. The molecule has 0 aromatic heterocycles. The largest absolute Gasteiger partial charge is 0.379 e. The molecule has 3 aliphatic rings. The molecule has 3 atom stereocenters. The first-order valence-electron chi connectivity index (χ1n) is 8.63. The molecule has 3 saturated heterocycles. The van der Waals surface area contributed by atoms with Crippen molar-refractivity contribution in [1.82, 2.24) is 15.1 Å². The minimum atomic E-state index is 0.0181. The molecule has 3 aliphatic heterocycles. The predicted molar refractivity (Wildman–Crippen MR) is 82.2 cm³/mol. The Labute approximate surface area is 128 Å². The molecule has 0 aliphatic carbocycles. The summed E-state index contributed by atoms with van der Waals surface area (Å²) in [6, 6.07) is 0.807. The van der Waals surface area contributed by atoms with Crippen molar-refractivity contribution in [3.63, 3.8) is 0 Å². The molecule has 0 spiro atoms. The summed E-state index contributed by atoms with van der Waals surface area (Å²) < 4.78 is 5.58. The molecular weight excluding hydrogens is 266 g/mol. The van der Waals surface area contributed by atoms with Gasteiger partial charge in [-0.05, 0) is 38.8 Å². The van der Waals surface area contributed by atoms with E-state index in [0.717, 1.165) is 39.0 Å². The van der Waals surface area contributed by atoms with Crippen LogP contribution in [-0.4, -0.2) is 73.7 Å². The van der Waals surface area contributed by atoms with Gasteiger partial charge in [0.2, 0.25) is 5.91 Å². The Morgan fingerprint density at radius 1 is 1.24 bits per heavy atom. The van der Waals surface area contributed by atoms with Crippen molar-refractivity contribution in [2.45, 2.75) is 44.7 Å². The molecule has 3 rings (SSSR count). The molecule has 120 valence electrons. The van der Waals surface area contributed by atoms with Crippen LogP contribution in [0.15, 0.2) is 0 Å². The Kier molecular flexibility index (Phi) is 5.14. The van der Waals surface area contributed by atoms with E-state index in [2.05, 4.69) is 22.0 Å². The van der Waals surface area contributed by atoms with Crippen LogP contribution < -0.4 is 5.32 Å². The van der Waals surface area contributed by atoms with Gasteiger partial charge >= 0.3 is 0 Å². The highest BCUT2D eigenvalue weighted by Crippen LogP contribution is 2.24. The van der Waals surface area contributed by atoms with E-state index in [4.69, 9.17) is 4.74 Å². The number of nitrogens with zero attached hydrogens (tertiary/aromatic N) is 2. The van der Waals surface area contributed by atoms with Gasteiger partial charge in [0.15, 0.2) is 0 Å². The fraction of sp³-hybridized carbons (Fsp3) is 0.938. The Balaban J connectivity index is 1.60. The molecule has 0 bridgehead atoms. The lowest BCUT2D eigenvalue weighted by molar-refractivity contribution is -0.136. The fourth-order valence-corrected chi connectivity index (χ4v) is 3.97. The standard InChI is InChI=1S/C16H29N3O2/c1-2-6-17-15-12-21-11-14(15)16(20)19-9-4-8-18-7-3-5-13(18)10-19/h13-15,17H,2-12H2,1H3. The molecule has 0 aromatic rings. The molecule has 21 heavy (non-hydrogen) atoms. The van der Waals surface area contributed by atoms with Crippen LogP contribution in [0.25, 0.3) is 0 Å². The number of fused-ring (bicyclic) bond motifs is 1. The van der Waals surface area contributed by atoms with Crippen LogP contribution in [0.2, 0.25) is 0 Å². The molecule has 1 N–H and O–H groups in total. The summed E-state index contributed by atoms with van der Waals surface area (Å²) in [4.78, 5) is 17.6. The second-order valence-corrected chi connectivity index (χ2v) is 6.67. The SMILES string of the molecule is CCCNC1COCC1C(=O)N1CCCN2CCCC2C1. The Morgan fingerprint density at radius 2 is 2.10 bits per heavy atom. The molecule has 0 aromatic carbocycles. The number of hydrogen-bond acceptors (Lipinski definition) is 4. The van der Waals surface area contributed by atoms with E-state index in [1.165, 1.54) is 19.4 Å². The Hall–Kier alpha value is -0.650. The number of ether oxygens (including phenoxy) is 1. The second-order valence-electron chi connectivity index (χ2n) is 6.67. The lowest BCUT2D eigenvalue weighted by Crippen LogP contribution is -2.48. The van der Waals surface area contributed by atoms with Crippen LogP contribution in [-0.2, 0) is 9.53 Å². The average molecular weight is 295 g/mol. The molecule has 0 radical (unpaired) electrons. The molecule has 5 heteroatoms. The van der Waals surface area contributed by atoms with Gasteiger partial charge in [-0.3, -0.25) is 9.69 Å². The second kappa shape index (κ2) is 7.07. The van der Waals surface area contributed by atoms with Crippen molar-refractivity contribution in [2.24, 2.45) is 5.92 Å². The van der Waals surface area contributed by atoms with E-state index < -0.39 is 0 Å². The Morgan fingerprint density at radius 3 is 2.95 bits per heavy atom. The smallest absolute Gasteiger partial charge is 0.229 e. The number of hydrogen-bond donors (Lipinski definition) is 1. The van der Waals surface area contributed by atoms with Crippen molar-refractivity contribution >= 4 is 5.91 Å². The molecule has 5 nitrogen and oxygen atoms in total. The van der Waals surface area contributed by atoms with Crippen molar-refractivity contribution < 1.29 is 9.53 Å². The summed E-state index contributed by atoms with van der Waals surface area (Å²) in [5.74, 6) is 0.333. The summed E-state index contributed by atoms with van der Waals surface area (Å²) in [6.45, 7) is 8.62. The third-order valence-electron chi connectivity index (χ3n) is 5.17. The van der Waals surface area contributed by atoms with Gasteiger partial charge in [-0.2, -0.15) is 0 Å². The molecule has 1 amide bonds. The van der Waals surface area contributed by atoms with E-state index in [1.54, 1.807) is 0 Å². The molecule has 3 unspecified atom stereocenters. The maximum Gasteiger partial charge on any atom is 0.229 e. The van der Waals surface area contributed by atoms with Gasteiger partial charge in [-0.1, -0.05) is 6.92 Å². The van der Waals surface area contributed by atoms with E-state index in [9.17, 15) is 4.79 Å². The topological polar surface area (TPSA) is 44.8 Å². The van der Waals surface area contributed by atoms with Crippen LogP contribution in [0.4, 0.5) is 0 Å². The van der Waals surface area contributed by atoms with Crippen LogP contribution in [0.5, 0.6) is 0 Å². The highest BCUT2D eigenvalue weighted by atomic mass is 16.5. The minimum Gasteiger partial charge on any atom is -0.379 e. The maximum absolute atomic E-state index is 12.9. The summed E-state index contributed by atoms with van der Waals surface area (Å²) in [5.41, 5.74) is 0. The summed E-state index contributed by atoms with van der Waals surface area (Å²) in [5, 5.41) is 3.48. The van der Waals surface area contributed by atoms with Crippen LogP contribution >= 0.6 is 0 Å². The fourth-order valence-electron chi connectivity index (χ4n) is 3.97. The van der Waals surface area contributed by atoms with E-state index in [-0.39, 0.29) is 12.0 Å². The van der Waals surface area contributed by atoms with Crippen LogP contribution in [0.1, 0.15) is 32.6 Å². The zero-order valence-corrected chi connectivity index (χ0v) is 13.2. The van der Waals surface area contributed by atoms with Gasteiger partial charge in [-0.15, -0.1) is 0 Å². The van der Waals surface area contributed by atoms with E-state index in [0.29, 0.717) is 25.2 Å². The lowest BCUT2D eigenvalue weighted by atomic mass is 10.0. The zero-order chi connectivity index (χ0) is 14.7. The number of amides is 1. The van der Waals surface area contributed by atoms with Crippen molar-refractivity contribution in [1.29, 1.82) is 0 Å². The molecular formula is C16H29N3O2. The van der Waals surface area contributed by atoms with Gasteiger partial charge in [0.05, 0.1) is 19.1 Å². The van der Waals surface area contributed by atoms with Gasteiger partial charge in [-0.25, -0.2) is 0 Å². The molecule has 0 saturated carbocycles. The van der Waals surface area contributed by atoms with E-state index in [1.807, 2.05) is 0 Å². The van der Waals surface area contributed by atoms with Crippen molar-refractivity contribution in [3.05, 3.63) is 0 Å². The third-order valence-corrected chi connectivity index (χ3v) is 5.17.